The van der Waals surface area contributed by atoms with Gasteiger partial charge in [0.05, 0.1) is 0 Å². The summed E-state index contributed by atoms with van der Waals surface area (Å²) in [5.74, 6) is 1.58. The number of rotatable bonds is 5. The zero-order valence-corrected chi connectivity index (χ0v) is 14.4. The summed E-state index contributed by atoms with van der Waals surface area (Å²) in [5.41, 5.74) is 2.97. The van der Waals surface area contributed by atoms with Crippen LogP contribution in [-0.4, -0.2) is 11.5 Å². The van der Waals surface area contributed by atoms with Crippen molar-refractivity contribution in [3.8, 4) is 0 Å². The van der Waals surface area contributed by atoms with E-state index in [0.29, 0.717) is 16.7 Å². The SMILES string of the molecule is CCSCc1ccc(C(=O)c2ccc(F)cc2C)c(Br)c1. The zero-order chi connectivity index (χ0) is 15.4. The molecule has 0 atom stereocenters. The minimum atomic E-state index is -0.324. The number of carbonyl (C=O) groups excluding carboxylic acids is 1. The highest BCUT2D eigenvalue weighted by atomic mass is 79.9. The smallest absolute Gasteiger partial charge is 0.194 e. The summed E-state index contributed by atoms with van der Waals surface area (Å²) in [5, 5.41) is 0. The first-order valence-electron chi connectivity index (χ1n) is 6.70. The second-order valence-corrected chi connectivity index (χ2v) is 6.87. The molecular weight excluding hydrogens is 351 g/mol. The van der Waals surface area contributed by atoms with Crippen molar-refractivity contribution >= 4 is 33.5 Å². The number of carbonyl (C=O) groups is 1. The van der Waals surface area contributed by atoms with Crippen LogP contribution in [0.4, 0.5) is 4.39 Å². The van der Waals surface area contributed by atoms with Crippen molar-refractivity contribution in [1.82, 2.24) is 0 Å². The van der Waals surface area contributed by atoms with Crippen molar-refractivity contribution in [2.24, 2.45) is 0 Å². The molecule has 0 aliphatic carbocycles. The molecule has 0 N–H and O–H groups in total. The second kappa shape index (κ2) is 7.23. The molecule has 2 rings (SSSR count). The standard InChI is InChI=1S/C17H16BrFOS/c1-3-21-10-12-4-6-15(16(18)9-12)17(20)14-7-5-13(19)8-11(14)2/h4-9H,3,10H2,1-2H3. The third-order valence-electron chi connectivity index (χ3n) is 3.18. The van der Waals surface area contributed by atoms with Gasteiger partial charge in [-0.3, -0.25) is 4.79 Å². The van der Waals surface area contributed by atoms with Crippen molar-refractivity contribution in [2.75, 3.05) is 5.75 Å². The average molecular weight is 367 g/mol. The molecule has 0 fully saturated rings. The molecule has 2 aromatic carbocycles. The Morgan fingerprint density at radius 3 is 2.52 bits per heavy atom. The van der Waals surface area contributed by atoms with Crippen LogP contribution in [0, 0.1) is 12.7 Å². The lowest BCUT2D eigenvalue weighted by Gasteiger charge is -2.09. The van der Waals surface area contributed by atoms with Crippen LogP contribution in [0.25, 0.3) is 0 Å². The van der Waals surface area contributed by atoms with E-state index in [2.05, 4.69) is 22.9 Å². The van der Waals surface area contributed by atoms with Gasteiger partial charge in [0.15, 0.2) is 5.78 Å². The summed E-state index contributed by atoms with van der Waals surface area (Å²) in [6.45, 7) is 3.87. The number of ketones is 1. The maximum Gasteiger partial charge on any atom is 0.194 e. The first kappa shape index (κ1) is 16.2. The van der Waals surface area contributed by atoms with Crippen LogP contribution in [0.1, 0.15) is 34.0 Å². The van der Waals surface area contributed by atoms with E-state index in [1.54, 1.807) is 13.0 Å². The molecule has 0 saturated carbocycles. The number of hydrogen-bond acceptors (Lipinski definition) is 2. The fraction of sp³-hybridized carbons (Fsp3) is 0.235. The molecule has 110 valence electrons. The lowest BCUT2D eigenvalue weighted by molar-refractivity contribution is 0.103. The van der Waals surface area contributed by atoms with E-state index in [-0.39, 0.29) is 11.6 Å². The van der Waals surface area contributed by atoms with E-state index < -0.39 is 0 Å². The summed E-state index contributed by atoms with van der Waals surface area (Å²) in [6.07, 6.45) is 0. The van der Waals surface area contributed by atoms with Gasteiger partial charge in [0, 0.05) is 21.4 Å². The van der Waals surface area contributed by atoms with Crippen LogP contribution in [0.5, 0.6) is 0 Å². The quantitative estimate of drug-likeness (QED) is 0.660. The lowest BCUT2D eigenvalue weighted by atomic mass is 9.98. The summed E-state index contributed by atoms with van der Waals surface area (Å²) in [7, 11) is 0. The molecule has 0 unspecified atom stereocenters. The Morgan fingerprint density at radius 2 is 1.90 bits per heavy atom. The number of thioether (sulfide) groups is 1. The topological polar surface area (TPSA) is 17.1 Å². The summed E-state index contributed by atoms with van der Waals surface area (Å²) >= 11 is 5.31. The predicted molar refractivity (Wildman–Crippen MR) is 90.5 cm³/mol. The average Bonchev–Trinajstić information content (AvgIpc) is 2.44. The molecule has 0 bridgehead atoms. The minimum absolute atomic E-state index is 0.0888. The third-order valence-corrected chi connectivity index (χ3v) is 4.79. The molecule has 0 aliphatic heterocycles. The van der Waals surface area contributed by atoms with Gasteiger partial charge in [0.25, 0.3) is 0 Å². The van der Waals surface area contributed by atoms with E-state index >= 15 is 0 Å². The van der Waals surface area contributed by atoms with Crippen LogP contribution in [-0.2, 0) is 5.75 Å². The summed E-state index contributed by atoms with van der Waals surface area (Å²) < 4.78 is 13.9. The third kappa shape index (κ3) is 3.95. The largest absolute Gasteiger partial charge is 0.289 e. The van der Waals surface area contributed by atoms with Crippen LogP contribution in [0.3, 0.4) is 0 Å². The van der Waals surface area contributed by atoms with Crippen molar-refractivity contribution in [3.05, 3.63) is 68.9 Å². The van der Waals surface area contributed by atoms with E-state index in [9.17, 15) is 9.18 Å². The number of hydrogen-bond donors (Lipinski definition) is 0. The molecular formula is C17H16BrFOS. The molecule has 0 heterocycles. The zero-order valence-electron chi connectivity index (χ0n) is 12.0. The number of halogens is 2. The van der Waals surface area contributed by atoms with E-state index in [4.69, 9.17) is 0 Å². The Labute approximate surface area is 137 Å². The van der Waals surface area contributed by atoms with Gasteiger partial charge in [0.2, 0.25) is 0 Å². The lowest BCUT2D eigenvalue weighted by Crippen LogP contribution is -2.05. The van der Waals surface area contributed by atoms with Gasteiger partial charge in [-0.05, 0) is 54.1 Å². The second-order valence-electron chi connectivity index (χ2n) is 4.74. The highest BCUT2D eigenvalue weighted by Crippen LogP contribution is 2.25. The predicted octanol–water partition coefficient (Wildman–Crippen LogP) is 5.38. The first-order chi connectivity index (χ1) is 10.0. The molecule has 0 spiro atoms. The van der Waals surface area contributed by atoms with Gasteiger partial charge in [-0.15, -0.1) is 0 Å². The van der Waals surface area contributed by atoms with E-state index in [0.717, 1.165) is 16.0 Å². The Kier molecular flexibility index (Phi) is 5.59. The summed E-state index contributed by atoms with van der Waals surface area (Å²) in [4.78, 5) is 12.6. The Hall–Kier alpha value is -1.13. The van der Waals surface area contributed by atoms with E-state index in [1.165, 1.54) is 17.7 Å². The van der Waals surface area contributed by atoms with Crippen molar-refractivity contribution < 1.29 is 9.18 Å². The van der Waals surface area contributed by atoms with Crippen LogP contribution < -0.4 is 0 Å². The van der Waals surface area contributed by atoms with Gasteiger partial charge >= 0.3 is 0 Å². The van der Waals surface area contributed by atoms with Gasteiger partial charge in [-0.25, -0.2) is 4.39 Å². The maximum atomic E-state index is 13.1. The molecule has 0 aliphatic rings. The molecule has 2 aromatic rings. The molecule has 0 amide bonds. The minimum Gasteiger partial charge on any atom is -0.289 e. The highest BCUT2D eigenvalue weighted by molar-refractivity contribution is 9.10. The highest BCUT2D eigenvalue weighted by Gasteiger charge is 2.15. The van der Waals surface area contributed by atoms with Gasteiger partial charge in [-0.1, -0.05) is 28.9 Å². The maximum absolute atomic E-state index is 13.1. The molecule has 1 nitrogen and oxygen atoms in total. The fourth-order valence-corrected chi connectivity index (χ4v) is 3.31. The molecule has 0 saturated heterocycles. The number of aryl methyl sites for hydroxylation is 1. The van der Waals surface area contributed by atoms with E-state index in [1.807, 2.05) is 30.0 Å². The molecule has 21 heavy (non-hydrogen) atoms. The van der Waals surface area contributed by atoms with Crippen LogP contribution in [0.15, 0.2) is 40.9 Å². The number of benzene rings is 2. The van der Waals surface area contributed by atoms with Crippen LogP contribution >= 0.6 is 27.7 Å². The Balaban J connectivity index is 2.31. The fourth-order valence-electron chi connectivity index (χ4n) is 2.08. The van der Waals surface area contributed by atoms with Crippen molar-refractivity contribution in [1.29, 1.82) is 0 Å². The van der Waals surface area contributed by atoms with Gasteiger partial charge < -0.3 is 0 Å². The van der Waals surface area contributed by atoms with Crippen LogP contribution in [0.2, 0.25) is 0 Å². The Morgan fingerprint density at radius 1 is 1.19 bits per heavy atom. The summed E-state index contributed by atoms with van der Waals surface area (Å²) in [6, 6.07) is 10.0. The molecule has 4 heteroatoms. The van der Waals surface area contributed by atoms with Crippen molar-refractivity contribution in [3.63, 3.8) is 0 Å². The molecule has 0 radical (unpaired) electrons. The van der Waals surface area contributed by atoms with Crippen molar-refractivity contribution in [2.45, 2.75) is 19.6 Å². The first-order valence-corrected chi connectivity index (χ1v) is 8.64. The van der Waals surface area contributed by atoms with Gasteiger partial charge in [0.1, 0.15) is 5.82 Å². The van der Waals surface area contributed by atoms with Gasteiger partial charge in [-0.2, -0.15) is 11.8 Å². The molecule has 0 aromatic heterocycles. The monoisotopic (exact) mass is 366 g/mol. The Bertz CT molecular complexity index is 670. The normalized spacial score (nSPS) is 10.7.